The minimum Gasteiger partial charge on any atom is -0.480 e. The molecule has 0 aromatic heterocycles. The maximum absolute atomic E-state index is 11.2. The molecule has 1 unspecified atom stereocenters. The molecule has 0 radical (unpaired) electrons. The van der Waals surface area contributed by atoms with Gasteiger partial charge in [-0.1, -0.05) is 27.7 Å². The average molecular weight is 227 g/mol. The van der Waals surface area contributed by atoms with E-state index < -0.39 is 5.97 Å². The number of carboxylic acid groups (broad SMARTS) is 1. The maximum Gasteiger partial charge on any atom is 0.321 e. The van der Waals surface area contributed by atoms with E-state index in [1.165, 1.54) is 0 Å². The van der Waals surface area contributed by atoms with Crippen LogP contribution in [0.15, 0.2) is 0 Å². The van der Waals surface area contributed by atoms with Crippen molar-refractivity contribution in [2.75, 3.05) is 13.1 Å². The van der Waals surface area contributed by atoms with Crippen molar-refractivity contribution in [3.63, 3.8) is 0 Å². The third-order valence-corrected chi connectivity index (χ3v) is 3.79. The van der Waals surface area contributed by atoms with Gasteiger partial charge in [0, 0.05) is 0 Å². The van der Waals surface area contributed by atoms with E-state index in [1.54, 1.807) is 0 Å². The molecular weight excluding hydrogens is 202 g/mol. The Bertz CT molecular complexity index is 230. The molecule has 0 spiro atoms. The zero-order chi connectivity index (χ0) is 12.3. The monoisotopic (exact) mass is 227 g/mol. The summed E-state index contributed by atoms with van der Waals surface area (Å²) in [5.41, 5.74) is 0. The molecule has 0 aliphatic carbocycles. The van der Waals surface area contributed by atoms with E-state index in [4.69, 9.17) is 0 Å². The van der Waals surface area contributed by atoms with Gasteiger partial charge in [-0.25, -0.2) is 0 Å². The van der Waals surface area contributed by atoms with Crippen molar-refractivity contribution >= 4 is 5.97 Å². The molecule has 1 saturated heterocycles. The van der Waals surface area contributed by atoms with E-state index in [-0.39, 0.29) is 12.0 Å². The number of aliphatic carboxylic acids is 1. The Morgan fingerprint density at radius 1 is 1.19 bits per heavy atom. The number of rotatable bonds is 4. The predicted octanol–water partition coefficient (Wildman–Crippen LogP) is 2.46. The first-order valence-corrected chi connectivity index (χ1v) is 6.40. The number of hydrogen-bond donors (Lipinski definition) is 1. The first kappa shape index (κ1) is 13.5. The van der Waals surface area contributed by atoms with Crippen molar-refractivity contribution in [3.05, 3.63) is 0 Å². The number of nitrogens with zero attached hydrogens (tertiary/aromatic N) is 1. The molecule has 1 heterocycles. The second-order valence-corrected chi connectivity index (χ2v) is 5.64. The van der Waals surface area contributed by atoms with Gasteiger partial charge in [0.05, 0.1) is 0 Å². The van der Waals surface area contributed by atoms with Crippen LogP contribution in [-0.4, -0.2) is 35.1 Å². The standard InChI is InChI=1S/C13H25NO2/c1-9(2)11-5-7-14(8-6-11)12(10(3)4)13(15)16/h9-12H,5-8H2,1-4H3,(H,15,16). The van der Waals surface area contributed by atoms with Gasteiger partial charge in [0.1, 0.15) is 6.04 Å². The zero-order valence-electron chi connectivity index (χ0n) is 10.9. The second-order valence-electron chi connectivity index (χ2n) is 5.64. The van der Waals surface area contributed by atoms with Crippen LogP contribution in [0.3, 0.4) is 0 Å². The highest BCUT2D eigenvalue weighted by molar-refractivity contribution is 5.73. The van der Waals surface area contributed by atoms with Gasteiger partial charge >= 0.3 is 5.97 Å². The van der Waals surface area contributed by atoms with Gasteiger partial charge in [0.2, 0.25) is 0 Å². The Morgan fingerprint density at radius 3 is 2.00 bits per heavy atom. The molecule has 0 amide bonds. The smallest absolute Gasteiger partial charge is 0.321 e. The first-order chi connectivity index (χ1) is 7.43. The normalized spacial score (nSPS) is 21.6. The van der Waals surface area contributed by atoms with Gasteiger partial charge in [-0.15, -0.1) is 0 Å². The summed E-state index contributed by atoms with van der Waals surface area (Å²) in [6, 6.07) is -0.298. The minimum absolute atomic E-state index is 0.188. The van der Waals surface area contributed by atoms with Crippen LogP contribution in [-0.2, 0) is 4.79 Å². The summed E-state index contributed by atoms with van der Waals surface area (Å²) in [5.74, 6) is 1.02. The molecule has 0 aromatic rings. The molecule has 1 N–H and O–H groups in total. The van der Waals surface area contributed by atoms with E-state index in [0.29, 0.717) is 0 Å². The van der Waals surface area contributed by atoms with Crippen LogP contribution in [0.2, 0.25) is 0 Å². The Balaban J connectivity index is 2.54. The third kappa shape index (κ3) is 3.21. The first-order valence-electron chi connectivity index (χ1n) is 6.40. The van der Waals surface area contributed by atoms with Crippen LogP contribution >= 0.6 is 0 Å². The summed E-state index contributed by atoms with van der Waals surface area (Å²) in [6.45, 7) is 10.4. The van der Waals surface area contributed by atoms with E-state index in [1.807, 2.05) is 13.8 Å². The van der Waals surface area contributed by atoms with Crippen LogP contribution in [0.25, 0.3) is 0 Å². The number of carboxylic acids is 1. The van der Waals surface area contributed by atoms with Gasteiger partial charge < -0.3 is 5.11 Å². The summed E-state index contributed by atoms with van der Waals surface area (Å²) in [5, 5.41) is 9.23. The molecule has 0 bridgehead atoms. The molecule has 1 rings (SSSR count). The number of hydrogen-bond acceptors (Lipinski definition) is 2. The number of piperidine rings is 1. The van der Waals surface area contributed by atoms with Crippen molar-refractivity contribution in [2.45, 2.75) is 46.6 Å². The molecule has 3 nitrogen and oxygen atoms in total. The lowest BCUT2D eigenvalue weighted by Crippen LogP contribution is -2.48. The lowest BCUT2D eigenvalue weighted by Gasteiger charge is -2.38. The van der Waals surface area contributed by atoms with Crippen molar-refractivity contribution in [3.8, 4) is 0 Å². The largest absolute Gasteiger partial charge is 0.480 e. The summed E-state index contributed by atoms with van der Waals surface area (Å²) >= 11 is 0. The highest BCUT2D eigenvalue weighted by atomic mass is 16.4. The lowest BCUT2D eigenvalue weighted by molar-refractivity contribution is -0.145. The second kappa shape index (κ2) is 5.67. The number of carbonyl (C=O) groups is 1. The summed E-state index contributed by atoms with van der Waals surface area (Å²) in [4.78, 5) is 13.4. The minimum atomic E-state index is -0.669. The zero-order valence-corrected chi connectivity index (χ0v) is 10.9. The highest BCUT2D eigenvalue weighted by Gasteiger charge is 2.32. The predicted molar refractivity (Wildman–Crippen MR) is 65.4 cm³/mol. The Labute approximate surface area is 98.8 Å². The van der Waals surface area contributed by atoms with Crippen molar-refractivity contribution in [1.82, 2.24) is 4.90 Å². The third-order valence-electron chi connectivity index (χ3n) is 3.79. The molecule has 1 aliphatic heterocycles. The highest BCUT2D eigenvalue weighted by Crippen LogP contribution is 2.26. The van der Waals surface area contributed by atoms with Crippen LogP contribution in [0, 0.1) is 17.8 Å². The summed E-state index contributed by atoms with van der Waals surface area (Å²) in [6.07, 6.45) is 2.29. The van der Waals surface area contributed by atoms with Gasteiger partial charge in [0.15, 0.2) is 0 Å². The lowest BCUT2D eigenvalue weighted by atomic mass is 9.85. The number of likely N-dealkylation sites (tertiary alicyclic amines) is 1. The molecule has 16 heavy (non-hydrogen) atoms. The van der Waals surface area contributed by atoms with Gasteiger partial charge in [-0.2, -0.15) is 0 Å². The van der Waals surface area contributed by atoms with Crippen LogP contribution < -0.4 is 0 Å². The fourth-order valence-corrected chi connectivity index (χ4v) is 2.73. The summed E-state index contributed by atoms with van der Waals surface area (Å²) in [7, 11) is 0. The molecule has 94 valence electrons. The van der Waals surface area contributed by atoms with Crippen molar-refractivity contribution in [1.29, 1.82) is 0 Å². The molecule has 0 aromatic carbocycles. The van der Waals surface area contributed by atoms with Crippen LogP contribution in [0.4, 0.5) is 0 Å². The molecule has 1 aliphatic rings. The molecule has 1 atom stereocenters. The Hall–Kier alpha value is -0.570. The van der Waals surface area contributed by atoms with E-state index >= 15 is 0 Å². The topological polar surface area (TPSA) is 40.5 Å². The van der Waals surface area contributed by atoms with Crippen LogP contribution in [0.1, 0.15) is 40.5 Å². The fraction of sp³-hybridized carbons (Fsp3) is 0.923. The van der Waals surface area contributed by atoms with Gasteiger partial charge in [0.25, 0.3) is 0 Å². The molecule has 1 fully saturated rings. The van der Waals surface area contributed by atoms with Crippen molar-refractivity contribution in [2.24, 2.45) is 17.8 Å². The maximum atomic E-state index is 11.2. The van der Waals surface area contributed by atoms with E-state index in [9.17, 15) is 9.90 Å². The fourth-order valence-electron chi connectivity index (χ4n) is 2.73. The summed E-state index contributed by atoms with van der Waals surface area (Å²) < 4.78 is 0. The quantitative estimate of drug-likeness (QED) is 0.802. The van der Waals surface area contributed by atoms with Gasteiger partial charge in [-0.3, -0.25) is 9.69 Å². The van der Waals surface area contributed by atoms with Crippen molar-refractivity contribution < 1.29 is 9.90 Å². The average Bonchev–Trinajstić information content (AvgIpc) is 2.17. The van der Waals surface area contributed by atoms with E-state index in [2.05, 4.69) is 18.7 Å². The van der Waals surface area contributed by atoms with Crippen LogP contribution in [0.5, 0.6) is 0 Å². The molecular formula is C13H25NO2. The van der Waals surface area contributed by atoms with E-state index in [0.717, 1.165) is 37.8 Å². The molecule has 3 heteroatoms. The Kier molecular flexibility index (Phi) is 4.78. The molecule has 0 saturated carbocycles. The van der Waals surface area contributed by atoms with Gasteiger partial charge in [-0.05, 0) is 43.7 Å². The SMILES string of the molecule is CC(C)C1CCN(C(C(=O)O)C(C)C)CC1. The Morgan fingerprint density at radius 2 is 1.69 bits per heavy atom.